The molecule has 0 radical (unpaired) electrons. The average Bonchev–Trinajstić information content (AvgIpc) is 2.36. The van der Waals surface area contributed by atoms with Crippen LogP contribution in [0.2, 0.25) is 0 Å². The molecule has 12 heavy (non-hydrogen) atoms. The van der Waals surface area contributed by atoms with E-state index in [4.69, 9.17) is 4.52 Å². The zero-order chi connectivity index (χ0) is 9.03. The second-order valence-electron chi connectivity index (χ2n) is 4.14. The summed E-state index contributed by atoms with van der Waals surface area (Å²) >= 11 is 0. The normalized spacial score (nSPS) is 11.9. The van der Waals surface area contributed by atoms with E-state index in [0.29, 0.717) is 5.41 Å². The van der Waals surface area contributed by atoms with Crippen molar-refractivity contribution in [3.8, 4) is 0 Å². The van der Waals surface area contributed by atoms with Gasteiger partial charge in [0.15, 0.2) is 0 Å². The molecule has 0 aromatic carbocycles. The monoisotopic (exact) mass is 168 g/mol. The molecule has 0 aliphatic carbocycles. The Balaban J connectivity index is 2.20. The van der Waals surface area contributed by atoms with Gasteiger partial charge in [0.05, 0.1) is 12.7 Å². The molecular weight excluding hydrogens is 152 g/mol. The molecule has 1 heterocycles. The topological polar surface area (TPSA) is 38.1 Å². The number of nitrogens with one attached hydrogen (secondary N) is 1. The van der Waals surface area contributed by atoms with E-state index in [0.717, 1.165) is 18.8 Å². The molecule has 0 fully saturated rings. The van der Waals surface area contributed by atoms with Gasteiger partial charge in [0, 0.05) is 12.6 Å². The van der Waals surface area contributed by atoms with Gasteiger partial charge in [-0.3, -0.25) is 0 Å². The molecule has 0 bridgehead atoms. The van der Waals surface area contributed by atoms with Crippen LogP contribution in [0.15, 0.2) is 16.8 Å². The van der Waals surface area contributed by atoms with Gasteiger partial charge in [-0.2, -0.15) is 0 Å². The van der Waals surface area contributed by atoms with Crippen molar-refractivity contribution in [2.24, 2.45) is 5.41 Å². The van der Waals surface area contributed by atoms with Gasteiger partial charge in [0.1, 0.15) is 5.76 Å². The Morgan fingerprint density at radius 3 is 2.75 bits per heavy atom. The van der Waals surface area contributed by atoms with Gasteiger partial charge in [-0.15, -0.1) is 0 Å². The highest BCUT2D eigenvalue weighted by Crippen LogP contribution is 2.10. The molecule has 1 aromatic heterocycles. The van der Waals surface area contributed by atoms with Gasteiger partial charge in [0.2, 0.25) is 0 Å². The Morgan fingerprint density at radius 1 is 1.50 bits per heavy atom. The van der Waals surface area contributed by atoms with E-state index < -0.39 is 0 Å². The van der Waals surface area contributed by atoms with Crippen LogP contribution in [0.25, 0.3) is 0 Å². The van der Waals surface area contributed by atoms with Crippen molar-refractivity contribution in [3.05, 3.63) is 18.0 Å². The molecule has 1 rings (SSSR count). The van der Waals surface area contributed by atoms with Gasteiger partial charge >= 0.3 is 0 Å². The first-order valence-corrected chi connectivity index (χ1v) is 4.18. The molecule has 0 aliphatic rings. The van der Waals surface area contributed by atoms with Crippen LogP contribution in [0, 0.1) is 5.41 Å². The predicted octanol–water partition coefficient (Wildman–Crippen LogP) is 1.81. The standard InChI is InChI=1S/C9H16N2O/c1-9(2,3)7-10-6-8-4-5-11-12-8/h4-5,10H,6-7H2,1-3H3. The van der Waals surface area contributed by atoms with Crippen molar-refractivity contribution >= 4 is 0 Å². The van der Waals surface area contributed by atoms with Crippen LogP contribution in [0.4, 0.5) is 0 Å². The molecule has 3 heteroatoms. The molecule has 68 valence electrons. The summed E-state index contributed by atoms with van der Waals surface area (Å²) in [6.07, 6.45) is 1.66. The van der Waals surface area contributed by atoms with E-state index in [1.807, 2.05) is 6.07 Å². The largest absolute Gasteiger partial charge is 0.360 e. The van der Waals surface area contributed by atoms with Crippen molar-refractivity contribution in [2.45, 2.75) is 27.3 Å². The van der Waals surface area contributed by atoms with Gasteiger partial charge < -0.3 is 9.84 Å². The maximum Gasteiger partial charge on any atom is 0.150 e. The molecule has 0 saturated heterocycles. The van der Waals surface area contributed by atoms with E-state index >= 15 is 0 Å². The van der Waals surface area contributed by atoms with Crippen molar-refractivity contribution < 1.29 is 4.52 Å². The SMILES string of the molecule is CC(C)(C)CNCc1ccno1. The Labute approximate surface area is 73.1 Å². The van der Waals surface area contributed by atoms with Gasteiger partial charge in [0.25, 0.3) is 0 Å². The van der Waals surface area contributed by atoms with E-state index in [2.05, 4.69) is 31.2 Å². The van der Waals surface area contributed by atoms with Gasteiger partial charge in [-0.25, -0.2) is 0 Å². The number of aromatic nitrogens is 1. The third-order valence-electron chi connectivity index (χ3n) is 1.45. The summed E-state index contributed by atoms with van der Waals surface area (Å²) in [5.74, 6) is 0.888. The molecule has 0 aliphatic heterocycles. The molecule has 3 nitrogen and oxygen atoms in total. The summed E-state index contributed by atoms with van der Waals surface area (Å²) < 4.78 is 4.94. The fourth-order valence-corrected chi connectivity index (χ4v) is 0.894. The van der Waals surface area contributed by atoms with E-state index in [1.54, 1.807) is 6.20 Å². The Bertz CT molecular complexity index is 211. The van der Waals surface area contributed by atoms with Crippen LogP contribution in [0.3, 0.4) is 0 Å². The lowest BCUT2D eigenvalue weighted by Crippen LogP contribution is -2.26. The molecular formula is C9H16N2O. The van der Waals surface area contributed by atoms with Crippen molar-refractivity contribution in [1.29, 1.82) is 0 Å². The van der Waals surface area contributed by atoms with Crippen LogP contribution in [-0.4, -0.2) is 11.7 Å². The van der Waals surface area contributed by atoms with Crippen molar-refractivity contribution in [1.82, 2.24) is 10.5 Å². The molecule has 0 atom stereocenters. The fraction of sp³-hybridized carbons (Fsp3) is 0.667. The van der Waals surface area contributed by atoms with E-state index in [-0.39, 0.29) is 0 Å². The van der Waals surface area contributed by atoms with Crippen LogP contribution in [0.1, 0.15) is 26.5 Å². The van der Waals surface area contributed by atoms with Crippen LogP contribution in [-0.2, 0) is 6.54 Å². The summed E-state index contributed by atoms with van der Waals surface area (Å²) in [7, 11) is 0. The lowest BCUT2D eigenvalue weighted by molar-refractivity contribution is 0.341. The zero-order valence-electron chi connectivity index (χ0n) is 7.92. The number of hydrogen-bond acceptors (Lipinski definition) is 3. The molecule has 0 spiro atoms. The number of rotatable bonds is 3. The summed E-state index contributed by atoms with van der Waals surface area (Å²) in [5.41, 5.74) is 0.319. The first kappa shape index (κ1) is 9.26. The third-order valence-corrected chi connectivity index (χ3v) is 1.45. The number of nitrogens with zero attached hydrogens (tertiary/aromatic N) is 1. The van der Waals surface area contributed by atoms with Crippen LogP contribution in [0.5, 0.6) is 0 Å². The Kier molecular flexibility index (Phi) is 2.87. The second-order valence-corrected chi connectivity index (χ2v) is 4.14. The lowest BCUT2D eigenvalue weighted by Gasteiger charge is -2.17. The minimum absolute atomic E-state index is 0.319. The first-order valence-electron chi connectivity index (χ1n) is 4.18. The third kappa shape index (κ3) is 3.53. The molecule has 1 N–H and O–H groups in total. The first-order chi connectivity index (χ1) is 5.58. The van der Waals surface area contributed by atoms with Crippen LogP contribution < -0.4 is 5.32 Å². The molecule has 0 amide bonds. The quantitative estimate of drug-likeness (QED) is 0.748. The molecule has 1 aromatic rings. The fourth-order valence-electron chi connectivity index (χ4n) is 0.894. The summed E-state index contributed by atoms with van der Waals surface area (Å²) in [6.45, 7) is 8.33. The van der Waals surface area contributed by atoms with Crippen molar-refractivity contribution in [3.63, 3.8) is 0 Å². The average molecular weight is 168 g/mol. The van der Waals surface area contributed by atoms with Gasteiger partial charge in [-0.1, -0.05) is 25.9 Å². The minimum atomic E-state index is 0.319. The number of hydrogen-bond donors (Lipinski definition) is 1. The van der Waals surface area contributed by atoms with Crippen molar-refractivity contribution in [2.75, 3.05) is 6.54 Å². The highest BCUT2D eigenvalue weighted by atomic mass is 16.5. The van der Waals surface area contributed by atoms with E-state index in [1.165, 1.54) is 0 Å². The maximum absolute atomic E-state index is 4.94. The Morgan fingerprint density at radius 2 is 2.25 bits per heavy atom. The predicted molar refractivity (Wildman–Crippen MR) is 47.7 cm³/mol. The highest BCUT2D eigenvalue weighted by molar-refractivity contribution is 4.91. The highest BCUT2D eigenvalue weighted by Gasteiger charge is 2.09. The van der Waals surface area contributed by atoms with Crippen LogP contribution >= 0.6 is 0 Å². The summed E-state index contributed by atoms with van der Waals surface area (Å²) in [4.78, 5) is 0. The van der Waals surface area contributed by atoms with Gasteiger partial charge in [-0.05, 0) is 5.41 Å². The Hall–Kier alpha value is -0.830. The molecule has 0 unspecified atom stereocenters. The molecule has 0 saturated carbocycles. The summed E-state index contributed by atoms with van der Waals surface area (Å²) in [6, 6.07) is 1.87. The maximum atomic E-state index is 4.94. The zero-order valence-corrected chi connectivity index (χ0v) is 7.92. The summed E-state index contributed by atoms with van der Waals surface area (Å²) in [5, 5.41) is 6.92. The minimum Gasteiger partial charge on any atom is -0.360 e. The second kappa shape index (κ2) is 3.72. The lowest BCUT2D eigenvalue weighted by atomic mass is 9.97. The smallest absolute Gasteiger partial charge is 0.150 e. The van der Waals surface area contributed by atoms with E-state index in [9.17, 15) is 0 Å².